The highest BCUT2D eigenvalue weighted by molar-refractivity contribution is 5.77. The smallest absolute Gasteiger partial charge is 0.246 e. The van der Waals surface area contributed by atoms with E-state index in [4.69, 9.17) is 10.5 Å². The first-order chi connectivity index (χ1) is 7.65. The lowest BCUT2D eigenvalue weighted by Crippen LogP contribution is -2.45. The molecule has 1 aliphatic rings. The molecule has 3 N–H and O–H groups in total. The standard InChI is InChI=1S/C12H24N2O2/c1-9-4-3-5-11(10(9)2)14-12(15)8-16-7-6-13/h9-11H,3-8,13H2,1-2H3,(H,14,15). The number of rotatable bonds is 5. The Bertz CT molecular complexity index is 221. The average Bonchev–Trinajstić information content (AvgIpc) is 2.25. The number of nitrogens with one attached hydrogen (secondary N) is 1. The van der Waals surface area contributed by atoms with Gasteiger partial charge in [-0.3, -0.25) is 4.79 Å². The monoisotopic (exact) mass is 228 g/mol. The maximum absolute atomic E-state index is 11.6. The molecule has 1 fully saturated rings. The molecule has 0 aliphatic heterocycles. The van der Waals surface area contributed by atoms with Gasteiger partial charge in [0.15, 0.2) is 0 Å². The molecule has 0 bridgehead atoms. The molecule has 0 saturated heterocycles. The molecule has 1 aliphatic carbocycles. The average molecular weight is 228 g/mol. The van der Waals surface area contributed by atoms with Crippen LogP contribution in [0.15, 0.2) is 0 Å². The number of nitrogens with two attached hydrogens (primary N) is 1. The molecule has 0 aromatic carbocycles. The van der Waals surface area contributed by atoms with E-state index in [1.807, 2.05) is 0 Å². The highest BCUT2D eigenvalue weighted by Gasteiger charge is 2.27. The molecule has 4 nitrogen and oxygen atoms in total. The molecular weight excluding hydrogens is 204 g/mol. The first-order valence-corrected chi connectivity index (χ1v) is 6.22. The molecule has 0 radical (unpaired) electrons. The maximum Gasteiger partial charge on any atom is 0.246 e. The molecule has 1 saturated carbocycles. The van der Waals surface area contributed by atoms with Gasteiger partial charge in [-0.1, -0.05) is 26.7 Å². The lowest BCUT2D eigenvalue weighted by Gasteiger charge is -2.34. The maximum atomic E-state index is 11.6. The van der Waals surface area contributed by atoms with Crippen LogP contribution in [0.1, 0.15) is 33.1 Å². The van der Waals surface area contributed by atoms with Gasteiger partial charge in [-0.2, -0.15) is 0 Å². The van der Waals surface area contributed by atoms with Crippen molar-refractivity contribution in [1.82, 2.24) is 5.32 Å². The highest BCUT2D eigenvalue weighted by Crippen LogP contribution is 2.29. The van der Waals surface area contributed by atoms with E-state index in [2.05, 4.69) is 19.2 Å². The minimum Gasteiger partial charge on any atom is -0.370 e. The van der Waals surface area contributed by atoms with Crippen molar-refractivity contribution in [3.05, 3.63) is 0 Å². The van der Waals surface area contributed by atoms with Crippen LogP contribution in [0.4, 0.5) is 0 Å². The van der Waals surface area contributed by atoms with Gasteiger partial charge in [-0.15, -0.1) is 0 Å². The Balaban J connectivity index is 2.26. The largest absolute Gasteiger partial charge is 0.370 e. The van der Waals surface area contributed by atoms with E-state index in [9.17, 15) is 4.79 Å². The third-order valence-electron chi connectivity index (χ3n) is 3.55. The third-order valence-corrected chi connectivity index (χ3v) is 3.55. The summed E-state index contributed by atoms with van der Waals surface area (Å²) in [7, 11) is 0. The van der Waals surface area contributed by atoms with Crippen LogP contribution in [0.3, 0.4) is 0 Å². The predicted octanol–water partition coefficient (Wildman–Crippen LogP) is 0.903. The van der Waals surface area contributed by atoms with Crippen LogP contribution in [0.2, 0.25) is 0 Å². The van der Waals surface area contributed by atoms with E-state index in [0.717, 1.165) is 6.42 Å². The molecule has 0 aromatic heterocycles. The SMILES string of the molecule is CC1CCCC(NC(=O)COCCN)C1C. The Kier molecular flexibility index (Phi) is 5.77. The molecule has 1 amide bonds. The molecule has 0 heterocycles. The zero-order valence-corrected chi connectivity index (χ0v) is 10.4. The third kappa shape index (κ3) is 4.10. The Morgan fingerprint density at radius 3 is 2.88 bits per heavy atom. The zero-order valence-electron chi connectivity index (χ0n) is 10.4. The fourth-order valence-corrected chi connectivity index (χ4v) is 2.28. The summed E-state index contributed by atoms with van der Waals surface area (Å²) in [6.45, 7) is 5.52. The van der Waals surface area contributed by atoms with Crippen molar-refractivity contribution < 1.29 is 9.53 Å². The van der Waals surface area contributed by atoms with E-state index in [0.29, 0.717) is 31.0 Å². The van der Waals surface area contributed by atoms with Gasteiger partial charge < -0.3 is 15.8 Å². The van der Waals surface area contributed by atoms with Gasteiger partial charge in [0.05, 0.1) is 6.61 Å². The van der Waals surface area contributed by atoms with Crippen LogP contribution >= 0.6 is 0 Å². The summed E-state index contributed by atoms with van der Waals surface area (Å²) in [5.74, 6) is 1.25. The van der Waals surface area contributed by atoms with Gasteiger partial charge in [0.2, 0.25) is 5.91 Å². The summed E-state index contributed by atoms with van der Waals surface area (Å²) in [6.07, 6.45) is 3.57. The van der Waals surface area contributed by atoms with Gasteiger partial charge in [-0.25, -0.2) is 0 Å². The highest BCUT2D eigenvalue weighted by atomic mass is 16.5. The molecule has 4 heteroatoms. The van der Waals surface area contributed by atoms with Gasteiger partial charge in [-0.05, 0) is 18.3 Å². The molecule has 0 spiro atoms. The number of ether oxygens (including phenoxy) is 1. The Hall–Kier alpha value is -0.610. The normalized spacial score (nSPS) is 30.1. The van der Waals surface area contributed by atoms with E-state index in [1.165, 1.54) is 12.8 Å². The number of hydrogen-bond acceptors (Lipinski definition) is 3. The predicted molar refractivity (Wildman–Crippen MR) is 64.0 cm³/mol. The van der Waals surface area contributed by atoms with Crippen molar-refractivity contribution in [2.75, 3.05) is 19.8 Å². The van der Waals surface area contributed by atoms with Crippen molar-refractivity contribution in [2.45, 2.75) is 39.2 Å². The van der Waals surface area contributed by atoms with Crippen molar-refractivity contribution in [3.8, 4) is 0 Å². The van der Waals surface area contributed by atoms with Crippen LogP contribution in [0.5, 0.6) is 0 Å². The zero-order chi connectivity index (χ0) is 12.0. The topological polar surface area (TPSA) is 64.3 Å². The van der Waals surface area contributed by atoms with Crippen LogP contribution < -0.4 is 11.1 Å². The Morgan fingerprint density at radius 2 is 2.19 bits per heavy atom. The van der Waals surface area contributed by atoms with E-state index >= 15 is 0 Å². The molecular formula is C12H24N2O2. The van der Waals surface area contributed by atoms with E-state index in [1.54, 1.807) is 0 Å². The fraction of sp³-hybridized carbons (Fsp3) is 0.917. The lowest BCUT2D eigenvalue weighted by molar-refractivity contribution is -0.127. The number of carbonyl (C=O) groups is 1. The van der Waals surface area contributed by atoms with Gasteiger partial charge in [0.25, 0.3) is 0 Å². The second-order valence-corrected chi connectivity index (χ2v) is 4.78. The summed E-state index contributed by atoms with van der Waals surface area (Å²) in [4.78, 5) is 11.6. The summed E-state index contributed by atoms with van der Waals surface area (Å²) >= 11 is 0. The summed E-state index contributed by atoms with van der Waals surface area (Å²) in [5, 5.41) is 3.05. The van der Waals surface area contributed by atoms with Crippen molar-refractivity contribution in [3.63, 3.8) is 0 Å². The minimum atomic E-state index is -0.0144. The molecule has 16 heavy (non-hydrogen) atoms. The second kappa shape index (κ2) is 6.86. The first-order valence-electron chi connectivity index (χ1n) is 6.22. The summed E-state index contributed by atoms with van der Waals surface area (Å²) in [6, 6.07) is 0.317. The Morgan fingerprint density at radius 1 is 1.44 bits per heavy atom. The number of hydrogen-bond donors (Lipinski definition) is 2. The minimum absolute atomic E-state index is 0.0144. The van der Waals surface area contributed by atoms with Crippen molar-refractivity contribution in [1.29, 1.82) is 0 Å². The molecule has 3 unspecified atom stereocenters. The molecule has 0 aromatic rings. The van der Waals surface area contributed by atoms with E-state index < -0.39 is 0 Å². The second-order valence-electron chi connectivity index (χ2n) is 4.78. The van der Waals surface area contributed by atoms with Crippen LogP contribution in [0.25, 0.3) is 0 Å². The van der Waals surface area contributed by atoms with Crippen LogP contribution in [-0.2, 0) is 9.53 Å². The van der Waals surface area contributed by atoms with Gasteiger partial charge in [0.1, 0.15) is 6.61 Å². The molecule has 1 rings (SSSR count). The van der Waals surface area contributed by atoms with Crippen LogP contribution in [0, 0.1) is 11.8 Å². The van der Waals surface area contributed by atoms with Gasteiger partial charge in [0, 0.05) is 12.6 Å². The summed E-state index contributed by atoms with van der Waals surface area (Å²) < 4.78 is 5.11. The summed E-state index contributed by atoms with van der Waals surface area (Å²) in [5.41, 5.74) is 5.28. The van der Waals surface area contributed by atoms with Gasteiger partial charge >= 0.3 is 0 Å². The van der Waals surface area contributed by atoms with E-state index in [-0.39, 0.29) is 12.5 Å². The molecule has 3 atom stereocenters. The van der Waals surface area contributed by atoms with Crippen molar-refractivity contribution >= 4 is 5.91 Å². The quantitative estimate of drug-likeness (QED) is 0.687. The van der Waals surface area contributed by atoms with Crippen molar-refractivity contribution in [2.24, 2.45) is 17.6 Å². The molecule has 94 valence electrons. The number of carbonyl (C=O) groups excluding carboxylic acids is 1. The fourth-order valence-electron chi connectivity index (χ4n) is 2.28. The van der Waals surface area contributed by atoms with Crippen LogP contribution in [-0.4, -0.2) is 31.7 Å². The Labute approximate surface area is 97.9 Å². The lowest BCUT2D eigenvalue weighted by atomic mass is 9.78. The first kappa shape index (κ1) is 13.5. The number of amides is 1.